The lowest BCUT2D eigenvalue weighted by Crippen LogP contribution is -2.15. The second-order valence-corrected chi connectivity index (χ2v) is 6.00. The summed E-state index contributed by atoms with van der Waals surface area (Å²) in [5.74, 6) is 1.18. The van der Waals surface area contributed by atoms with Gasteiger partial charge in [-0.2, -0.15) is 0 Å². The molecule has 0 saturated heterocycles. The van der Waals surface area contributed by atoms with Crippen LogP contribution in [-0.2, 0) is 12.8 Å². The van der Waals surface area contributed by atoms with Crippen molar-refractivity contribution >= 4 is 17.4 Å². The van der Waals surface area contributed by atoms with Crippen molar-refractivity contribution in [1.82, 2.24) is 0 Å². The summed E-state index contributed by atoms with van der Waals surface area (Å²) in [6, 6.07) is 8.92. The van der Waals surface area contributed by atoms with Crippen molar-refractivity contribution in [3.63, 3.8) is 0 Å². The molecule has 4 rings (SSSR count). The molecule has 2 heterocycles. The third-order valence-corrected chi connectivity index (χ3v) is 4.40. The number of amides is 1. The summed E-state index contributed by atoms with van der Waals surface area (Å²) >= 11 is 0. The number of Topliss-reactive ketones (excluding diaryl/α,β-unsaturated/α-hetero) is 1. The van der Waals surface area contributed by atoms with Gasteiger partial charge in [-0.3, -0.25) is 9.59 Å². The van der Waals surface area contributed by atoms with E-state index in [4.69, 9.17) is 9.47 Å². The van der Waals surface area contributed by atoms with Crippen LogP contribution in [0.2, 0.25) is 0 Å². The molecule has 0 fully saturated rings. The van der Waals surface area contributed by atoms with E-state index in [1.165, 1.54) is 6.92 Å². The van der Waals surface area contributed by atoms with Crippen LogP contribution in [0.5, 0.6) is 11.5 Å². The van der Waals surface area contributed by atoms with Crippen molar-refractivity contribution in [1.29, 1.82) is 0 Å². The predicted molar refractivity (Wildman–Crippen MR) is 89.2 cm³/mol. The second-order valence-electron chi connectivity index (χ2n) is 6.00. The van der Waals surface area contributed by atoms with Crippen molar-refractivity contribution in [3.05, 3.63) is 52.6 Å². The zero-order chi connectivity index (χ0) is 16.7. The van der Waals surface area contributed by atoms with Crippen LogP contribution in [0.3, 0.4) is 0 Å². The summed E-state index contributed by atoms with van der Waals surface area (Å²) in [6.45, 7) is 2.67. The lowest BCUT2D eigenvalue weighted by Gasteiger charge is -2.13. The molecule has 24 heavy (non-hydrogen) atoms. The maximum Gasteiger partial charge on any atom is 0.259 e. The highest BCUT2D eigenvalue weighted by Crippen LogP contribution is 2.40. The molecule has 0 aromatic heterocycles. The fourth-order valence-corrected chi connectivity index (χ4v) is 3.24. The molecule has 2 aromatic carbocycles. The number of nitrogens with one attached hydrogen (secondary N) is 1. The van der Waals surface area contributed by atoms with E-state index in [2.05, 4.69) is 5.32 Å². The maximum absolute atomic E-state index is 12.9. The number of carbonyl (C=O) groups is 2. The van der Waals surface area contributed by atoms with Crippen LogP contribution in [0.25, 0.3) is 0 Å². The Balaban J connectivity index is 1.71. The Hall–Kier alpha value is -2.82. The Morgan fingerprint density at radius 3 is 2.75 bits per heavy atom. The fourth-order valence-electron chi connectivity index (χ4n) is 3.24. The zero-order valence-electron chi connectivity index (χ0n) is 13.3. The van der Waals surface area contributed by atoms with Crippen LogP contribution >= 0.6 is 0 Å². The van der Waals surface area contributed by atoms with E-state index >= 15 is 0 Å². The number of hydrogen-bond donors (Lipinski definition) is 1. The average Bonchev–Trinajstić information content (AvgIpc) is 3.20. The van der Waals surface area contributed by atoms with E-state index in [1.807, 2.05) is 6.07 Å². The normalized spacial score (nSPS) is 14.4. The molecule has 0 unspecified atom stereocenters. The van der Waals surface area contributed by atoms with Crippen molar-refractivity contribution in [2.75, 3.05) is 18.5 Å². The van der Waals surface area contributed by atoms with E-state index in [-0.39, 0.29) is 11.7 Å². The highest BCUT2D eigenvalue weighted by Gasteiger charge is 2.30. The molecule has 2 aromatic rings. The van der Waals surface area contributed by atoms with Crippen molar-refractivity contribution in [2.24, 2.45) is 0 Å². The maximum atomic E-state index is 12.9. The van der Waals surface area contributed by atoms with E-state index in [9.17, 15) is 9.59 Å². The molecule has 5 nitrogen and oxygen atoms in total. The number of hydrogen-bond acceptors (Lipinski definition) is 4. The molecule has 0 radical (unpaired) electrons. The molecule has 0 saturated carbocycles. The first-order chi connectivity index (χ1) is 11.6. The van der Waals surface area contributed by atoms with Crippen LogP contribution in [0.1, 0.15) is 38.8 Å². The van der Waals surface area contributed by atoms with Crippen LogP contribution in [0.15, 0.2) is 30.3 Å². The van der Waals surface area contributed by atoms with Gasteiger partial charge in [-0.1, -0.05) is 12.1 Å². The molecule has 0 aliphatic carbocycles. The molecule has 0 atom stereocenters. The van der Waals surface area contributed by atoms with Gasteiger partial charge in [0.25, 0.3) is 5.91 Å². The topological polar surface area (TPSA) is 64.6 Å². The molecule has 1 amide bonds. The van der Waals surface area contributed by atoms with E-state index in [1.54, 1.807) is 24.3 Å². The molecule has 2 aliphatic heterocycles. The quantitative estimate of drug-likeness (QED) is 0.882. The summed E-state index contributed by atoms with van der Waals surface area (Å²) in [5, 5.41) is 2.89. The van der Waals surface area contributed by atoms with Crippen LogP contribution in [0, 0.1) is 0 Å². The molecular formula is C19H17NO4. The van der Waals surface area contributed by atoms with Gasteiger partial charge in [0.15, 0.2) is 5.78 Å². The molecule has 122 valence electrons. The number of fused-ring (bicyclic) bond motifs is 2. The summed E-state index contributed by atoms with van der Waals surface area (Å²) in [6.07, 6.45) is 1.48. The number of anilines is 1. The summed E-state index contributed by atoms with van der Waals surface area (Å²) in [7, 11) is 0. The average molecular weight is 323 g/mol. The van der Waals surface area contributed by atoms with Gasteiger partial charge in [0.2, 0.25) is 0 Å². The third-order valence-electron chi connectivity index (χ3n) is 4.40. The van der Waals surface area contributed by atoms with E-state index < -0.39 is 0 Å². The van der Waals surface area contributed by atoms with Gasteiger partial charge in [-0.15, -0.1) is 0 Å². The Morgan fingerprint density at radius 2 is 1.92 bits per heavy atom. The third kappa shape index (κ3) is 2.42. The van der Waals surface area contributed by atoms with Crippen LogP contribution in [-0.4, -0.2) is 24.9 Å². The molecule has 5 heteroatoms. The van der Waals surface area contributed by atoms with Gasteiger partial charge in [0.05, 0.1) is 18.8 Å². The Kier molecular flexibility index (Phi) is 3.49. The van der Waals surface area contributed by atoms with Gasteiger partial charge in [0, 0.05) is 35.2 Å². The Labute approximate surface area is 139 Å². The Morgan fingerprint density at radius 1 is 1.08 bits per heavy atom. The monoisotopic (exact) mass is 323 g/mol. The first-order valence-corrected chi connectivity index (χ1v) is 8.00. The van der Waals surface area contributed by atoms with E-state index in [0.29, 0.717) is 42.2 Å². The first-order valence-electron chi connectivity index (χ1n) is 8.00. The first kappa shape index (κ1) is 14.8. The van der Waals surface area contributed by atoms with Crippen molar-refractivity contribution < 1.29 is 19.1 Å². The number of carbonyl (C=O) groups excluding carboxylic acids is 2. The number of rotatable bonds is 3. The van der Waals surface area contributed by atoms with Gasteiger partial charge in [0.1, 0.15) is 11.5 Å². The summed E-state index contributed by atoms with van der Waals surface area (Å²) < 4.78 is 11.3. The van der Waals surface area contributed by atoms with E-state index in [0.717, 1.165) is 23.3 Å². The molecule has 0 spiro atoms. The minimum atomic E-state index is -0.226. The van der Waals surface area contributed by atoms with Crippen molar-refractivity contribution in [3.8, 4) is 11.5 Å². The molecular weight excluding hydrogens is 306 g/mol. The summed E-state index contributed by atoms with van der Waals surface area (Å²) in [5.41, 5.74) is 3.63. The number of benzene rings is 2. The minimum absolute atomic E-state index is 0.0377. The molecule has 0 bridgehead atoms. The smallest absolute Gasteiger partial charge is 0.259 e. The number of ketones is 1. The SMILES string of the molecule is CC(=O)c1cccc(NC(=O)c2c3c(cc4c2OCC4)OCC3)c1. The number of ether oxygens (including phenoxy) is 2. The highest BCUT2D eigenvalue weighted by molar-refractivity contribution is 6.08. The van der Waals surface area contributed by atoms with Crippen molar-refractivity contribution in [2.45, 2.75) is 19.8 Å². The van der Waals surface area contributed by atoms with Gasteiger partial charge >= 0.3 is 0 Å². The molecule has 2 aliphatic rings. The van der Waals surface area contributed by atoms with Gasteiger partial charge in [-0.25, -0.2) is 0 Å². The Bertz CT molecular complexity index is 824. The lowest BCUT2D eigenvalue weighted by atomic mass is 9.99. The van der Waals surface area contributed by atoms with Crippen LogP contribution < -0.4 is 14.8 Å². The standard InChI is InChI=1S/C19H17NO4/c1-11(21)12-3-2-4-14(9-12)20-19(22)17-15-6-8-23-16(15)10-13-5-7-24-18(13)17/h2-4,9-10H,5-8H2,1H3,(H,20,22). The van der Waals surface area contributed by atoms with Gasteiger partial charge < -0.3 is 14.8 Å². The molecule has 1 N–H and O–H groups in total. The summed E-state index contributed by atoms with van der Waals surface area (Å²) in [4.78, 5) is 24.4. The fraction of sp³-hybridized carbons (Fsp3) is 0.263. The van der Waals surface area contributed by atoms with Crippen LogP contribution in [0.4, 0.5) is 5.69 Å². The minimum Gasteiger partial charge on any atom is -0.493 e. The zero-order valence-corrected chi connectivity index (χ0v) is 13.3. The highest BCUT2D eigenvalue weighted by atomic mass is 16.5. The van der Waals surface area contributed by atoms with Gasteiger partial charge in [-0.05, 0) is 25.1 Å². The second kappa shape index (κ2) is 5.67. The lowest BCUT2D eigenvalue weighted by molar-refractivity contribution is 0.100. The largest absolute Gasteiger partial charge is 0.493 e. The predicted octanol–water partition coefficient (Wildman–Crippen LogP) is 3.01.